The molecule has 12 heavy (non-hydrogen) atoms. The number of piperidine rings is 2. The van der Waals surface area contributed by atoms with Crippen LogP contribution in [0.25, 0.3) is 0 Å². The molecule has 2 aliphatic carbocycles. The van der Waals surface area contributed by atoms with E-state index in [4.69, 9.17) is 0 Å². The zero-order valence-electron chi connectivity index (χ0n) is 8.21. The largest absolute Gasteiger partial charge is 0.298 e. The summed E-state index contributed by atoms with van der Waals surface area (Å²) in [5.41, 5.74) is 0.592. The van der Waals surface area contributed by atoms with Crippen molar-refractivity contribution in [1.29, 1.82) is 0 Å². The summed E-state index contributed by atoms with van der Waals surface area (Å²) < 4.78 is 0. The molecule has 4 fully saturated rings. The van der Waals surface area contributed by atoms with E-state index in [0.29, 0.717) is 5.54 Å². The van der Waals surface area contributed by atoms with E-state index in [9.17, 15) is 0 Å². The SMILES string of the molecule is CN1C2CC3CC(C2)CC1(C)C3. The van der Waals surface area contributed by atoms with E-state index in [-0.39, 0.29) is 0 Å². The molecule has 4 aliphatic rings. The van der Waals surface area contributed by atoms with Crippen molar-refractivity contribution in [3.05, 3.63) is 0 Å². The average molecular weight is 165 g/mol. The molecule has 4 rings (SSSR count). The highest BCUT2D eigenvalue weighted by molar-refractivity contribution is 5.06. The molecule has 2 aliphatic heterocycles. The Morgan fingerprint density at radius 1 is 1.08 bits per heavy atom. The molecule has 0 spiro atoms. The number of hydrogen-bond acceptors (Lipinski definition) is 1. The smallest absolute Gasteiger partial charge is 0.0186 e. The van der Waals surface area contributed by atoms with Crippen LogP contribution in [0.15, 0.2) is 0 Å². The predicted molar refractivity (Wildman–Crippen MR) is 50.0 cm³/mol. The quantitative estimate of drug-likeness (QED) is 0.532. The normalized spacial score (nSPS) is 58.0. The van der Waals surface area contributed by atoms with Crippen LogP contribution in [0, 0.1) is 11.8 Å². The van der Waals surface area contributed by atoms with Crippen LogP contribution >= 0.6 is 0 Å². The van der Waals surface area contributed by atoms with E-state index in [1.54, 1.807) is 6.42 Å². The number of rotatable bonds is 0. The number of hydrogen-bond donors (Lipinski definition) is 0. The molecule has 2 atom stereocenters. The Hall–Kier alpha value is -0.0400. The fourth-order valence-corrected chi connectivity index (χ4v) is 4.24. The monoisotopic (exact) mass is 165 g/mol. The van der Waals surface area contributed by atoms with Crippen LogP contribution < -0.4 is 0 Å². The van der Waals surface area contributed by atoms with E-state index >= 15 is 0 Å². The summed E-state index contributed by atoms with van der Waals surface area (Å²) in [6.45, 7) is 2.48. The van der Waals surface area contributed by atoms with Gasteiger partial charge in [-0.2, -0.15) is 0 Å². The van der Waals surface area contributed by atoms with Gasteiger partial charge in [0.25, 0.3) is 0 Å². The highest BCUT2D eigenvalue weighted by atomic mass is 15.2. The van der Waals surface area contributed by atoms with Crippen molar-refractivity contribution in [3.63, 3.8) is 0 Å². The second kappa shape index (κ2) is 2.06. The van der Waals surface area contributed by atoms with Crippen molar-refractivity contribution in [1.82, 2.24) is 4.90 Å². The van der Waals surface area contributed by atoms with Crippen molar-refractivity contribution in [2.45, 2.75) is 50.6 Å². The molecule has 2 saturated heterocycles. The summed E-state index contributed by atoms with van der Waals surface area (Å²) in [6.07, 6.45) is 7.53. The van der Waals surface area contributed by atoms with Crippen molar-refractivity contribution >= 4 is 0 Å². The molecule has 2 heterocycles. The van der Waals surface area contributed by atoms with E-state index in [2.05, 4.69) is 18.9 Å². The Morgan fingerprint density at radius 3 is 2.17 bits per heavy atom. The van der Waals surface area contributed by atoms with Crippen molar-refractivity contribution < 1.29 is 0 Å². The van der Waals surface area contributed by atoms with E-state index in [1.807, 2.05) is 0 Å². The van der Waals surface area contributed by atoms with Gasteiger partial charge in [0.15, 0.2) is 0 Å². The first-order valence-corrected chi connectivity index (χ1v) is 5.40. The van der Waals surface area contributed by atoms with Gasteiger partial charge in [-0.05, 0) is 57.9 Å². The van der Waals surface area contributed by atoms with E-state index in [0.717, 1.165) is 17.9 Å². The number of nitrogens with zero attached hydrogens (tertiary/aromatic N) is 1. The van der Waals surface area contributed by atoms with E-state index < -0.39 is 0 Å². The summed E-state index contributed by atoms with van der Waals surface area (Å²) in [5, 5.41) is 0. The van der Waals surface area contributed by atoms with Gasteiger partial charge in [-0.3, -0.25) is 4.90 Å². The zero-order valence-corrected chi connectivity index (χ0v) is 8.21. The third kappa shape index (κ3) is 0.783. The standard InChI is InChI=1S/C11H19N/c1-11-6-8-3-9(7-11)5-10(4-8)12(11)2/h8-10H,3-7H2,1-2H3. The second-order valence-electron chi connectivity index (χ2n) is 5.61. The lowest BCUT2D eigenvalue weighted by Crippen LogP contribution is -2.62. The zero-order chi connectivity index (χ0) is 8.34. The van der Waals surface area contributed by atoms with Crippen molar-refractivity contribution in [2.24, 2.45) is 11.8 Å². The van der Waals surface area contributed by atoms with Gasteiger partial charge in [-0.1, -0.05) is 0 Å². The molecule has 0 radical (unpaired) electrons. The minimum Gasteiger partial charge on any atom is -0.298 e. The highest BCUT2D eigenvalue weighted by Gasteiger charge is 2.51. The average Bonchev–Trinajstić information content (AvgIpc) is 1.98. The van der Waals surface area contributed by atoms with Gasteiger partial charge in [0.2, 0.25) is 0 Å². The second-order valence-corrected chi connectivity index (χ2v) is 5.61. The molecule has 4 bridgehead atoms. The van der Waals surface area contributed by atoms with Gasteiger partial charge in [-0.15, -0.1) is 0 Å². The summed E-state index contributed by atoms with van der Waals surface area (Å²) in [6, 6.07) is 0.946. The summed E-state index contributed by atoms with van der Waals surface area (Å²) >= 11 is 0. The Balaban J connectivity index is 1.97. The van der Waals surface area contributed by atoms with Crippen LogP contribution in [-0.2, 0) is 0 Å². The van der Waals surface area contributed by atoms with Gasteiger partial charge >= 0.3 is 0 Å². The lowest BCUT2D eigenvalue weighted by molar-refractivity contribution is -0.0985. The van der Waals surface area contributed by atoms with Crippen LogP contribution in [0.4, 0.5) is 0 Å². The van der Waals surface area contributed by atoms with Gasteiger partial charge in [0.05, 0.1) is 0 Å². The molecular formula is C11H19N. The third-order valence-electron chi connectivity index (χ3n) is 4.73. The summed E-state index contributed by atoms with van der Waals surface area (Å²) in [7, 11) is 2.35. The van der Waals surface area contributed by atoms with Crippen molar-refractivity contribution in [3.8, 4) is 0 Å². The highest BCUT2D eigenvalue weighted by Crippen LogP contribution is 2.53. The third-order valence-corrected chi connectivity index (χ3v) is 4.73. The molecule has 1 nitrogen and oxygen atoms in total. The van der Waals surface area contributed by atoms with Crippen LogP contribution in [0.1, 0.15) is 39.0 Å². The lowest BCUT2D eigenvalue weighted by Gasteiger charge is -2.61. The minimum absolute atomic E-state index is 0.592. The maximum absolute atomic E-state index is 2.68. The van der Waals surface area contributed by atoms with Gasteiger partial charge in [-0.25, -0.2) is 0 Å². The maximum Gasteiger partial charge on any atom is 0.0186 e. The molecule has 0 aromatic carbocycles. The first-order valence-electron chi connectivity index (χ1n) is 5.40. The first-order chi connectivity index (χ1) is 5.67. The molecular weight excluding hydrogens is 146 g/mol. The fraction of sp³-hybridized carbons (Fsp3) is 1.00. The molecule has 68 valence electrons. The van der Waals surface area contributed by atoms with Crippen LogP contribution in [0.2, 0.25) is 0 Å². The Kier molecular flexibility index (Phi) is 1.27. The van der Waals surface area contributed by atoms with Gasteiger partial charge in [0, 0.05) is 11.6 Å². The predicted octanol–water partition coefficient (Wildman–Crippen LogP) is 2.27. The van der Waals surface area contributed by atoms with Gasteiger partial charge in [0.1, 0.15) is 0 Å². The van der Waals surface area contributed by atoms with Crippen LogP contribution in [0.5, 0.6) is 0 Å². The molecule has 0 amide bonds. The summed E-state index contributed by atoms with van der Waals surface area (Å²) in [5.74, 6) is 2.17. The Bertz CT molecular complexity index is 197. The minimum atomic E-state index is 0.592. The summed E-state index contributed by atoms with van der Waals surface area (Å²) in [4.78, 5) is 2.68. The lowest BCUT2D eigenvalue weighted by atomic mass is 9.58. The Morgan fingerprint density at radius 2 is 1.67 bits per heavy atom. The maximum atomic E-state index is 2.68. The fourth-order valence-electron chi connectivity index (χ4n) is 4.24. The molecule has 0 N–H and O–H groups in total. The first kappa shape index (κ1) is 7.37. The van der Waals surface area contributed by atoms with E-state index in [1.165, 1.54) is 25.7 Å². The molecule has 2 unspecified atom stereocenters. The topological polar surface area (TPSA) is 3.24 Å². The van der Waals surface area contributed by atoms with Crippen molar-refractivity contribution in [2.75, 3.05) is 7.05 Å². The Labute approximate surface area is 75.1 Å². The molecule has 2 saturated carbocycles. The van der Waals surface area contributed by atoms with Crippen LogP contribution in [-0.4, -0.2) is 23.5 Å². The molecule has 0 aromatic heterocycles. The molecule has 1 heteroatoms. The molecule has 0 aromatic rings. The van der Waals surface area contributed by atoms with Gasteiger partial charge < -0.3 is 0 Å². The van der Waals surface area contributed by atoms with Crippen LogP contribution in [0.3, 0.4) is 0 Å².